The number of nitrogens with zero attached hydrogens (tertiary/aromatic N) is 3. The van der Waals surface area contributed by atoms with Crippen molar-refractivity contribution in [2.75, 3.05) is 16.8 Å². The second-order valence-corrected chi connectivity index (χ2v) is 10.8. The summed E-state index contributed by atoms with van der Waals surface area (Å²) in [6.07, 6.45) is 3.78. The maximum absolute atomic E-state index is 14.3. The Morgan fingerprint density at radius 1 is 0.850 bits per heavy atom. The summed E-state index contributed by atoms with van der Waals surface area (Å²) >= 11 is 6.42. The first-order valence-electron chi connectivity index (χ1n) is 13.5. The van der Waals surface area contributed by atoms with E-state index in [1.165, 1.54) is 0 Å². The van der Waals surface area contributed by atoms with Crippen LogP contribution in [0.25, 0.3) is 16.5 Å². The SMILES string of the molecule is O=C(Nc1cccc2ccccc12)N(CC(=O)N1c2ccccc2-n2cccc2C1c1cccc(Cl)c1)C1CC1. The topological polar surface area (TPSA) is 57.6 Å². The molecule has 6 nitrogen and oxygen atoms in total. The molecule has 0 radical (unpaired) electrons. The summed E-state index contributed by atoms with van der Waals surface area (Å²) in [5.41, 5.74) is 4.33. The van der Waals surface area contributed by atoms with Gasteiger partial charge in [0.25, 0.3) is 0 Å². The lowest BCUT2D eigenvalue weighted by Crippen LogP contribution is -2.48. The minimum absolute atomic E-state index is 0.0344. The highest BCUT2D eigenvalue weighted by molar-refractivity contribution is 6.30. The Morgan fingerprint density at radius 2 is 1.60 bits per heavy atom. The normalized spacial score (nSPS) is 15.8. The Hall–Kier alpha value is -4.55. The number of anilines is 2. The molecule has 1 aliphatic carbocycles. The summed E-state index contributed by atoms with van der Waals surface area (Å²) in [4.78, 5) is 31.5. The number of hydrogen-bond acceptors (Lipinski definition) is 2. The molecule has 5 aromatic rings. The predicted molar refractivity (Wildman–Crippen MR) is 159 cm³/mol. The average Bonchev–Trinajstić information content (AvgIpc) is 3.70. The van der Waals surface area contributed by atoms with Crippen molar-refractivity contribution in [3.8, 4) is 5.69 Å². The lowest BCUT2D eigenvalue weighted by atomic mass is 9.97. The fourth-order valence-electron chi connectivity index (χ4n) is 5.75. The molecule has 1 saturated carbocycles. The van der Waals surface area contributed by atoms with Crippen molar-refractivity contribution in [3.63, 3.8) is 0 Å². The molecule has 1 fully saturated rings. The summed E-state index contributed by atoms with van der Waals surface area (Å²) in [6.45, 7) is -0.0344. The number of hydrogen-bond donors (Lipinski definition) is 1. The van der Waals surface area contributed by atoms with Crippen LogP contribution in [-0.4, -0.2) is 34.0 Å². The molecule has 3 amide bonds. The third-order valence-electron chi connectivity index (χ3n) is 7.74. The van der Waals surface area contributed by atoms with Crippen LogP contribution < -0.4 is 10.2 Å². The molecule has 0 bridgehead atoms. The first-order valence-corrected chi connectivity index (χ1v) is 13.9. The lowest BCUT2D eigenvalue weighted by Gasteiger charge is -2.39. The van der Waals surface area contributed by atoms with E-state index in [1.807, 2.05) is 114 Å². The fourth-order valence-corrected chi connectivity index (χ4v) is 5.95. The fraction of sp³-hybridized carbons (Fsp3) is 0.152. The number of nitrogens with one attached hydrogen (secondary N) is 1. The predicted octanol–water partition coefficient (Wildman–Crippen LogP) is 7.42. The van der Waals surface area contributed by atoms with E-state index in [2.05, 4.69) is 9.88 Å². The summed E-state index contributed by atoms with van der Waals surface area (Å²) in [5, 5.41) is 5.71. The van der Waals surface area contributed by atoms with Crippen molar-refractivity contribution in [1.82, 2.24) is 9.47 Å². The van der Waals surface area contributed by atoms with Gasteiger partial charge in [-0.1, -0.05) is 72.3 Å². The lowest BCUT2D eigenvalue weighted by molar-refractivity contribution is -0.119. The first-order chi connectivity index (χ1) is 19.6. The van der Waals surface area contributed by atoms with Gasteiger partial charge in [-0.25, -0.2) is 4.79 Å². The largest absolute Gasteiger partial charge is 0.322 e. The zero-order chi connectivity index (χ0) is 27.2. The van der Waals surface area contributed by atoms with Crippen LogP contribution in [0.1, 0.15) is 30.1 Å². The third kappa shape index (κ3) is 4.31. The first kappa shape index (κ1) is 24.5. The van der Waals surface area contributed by atoms with Crippen molar-refractivity contribution < 1.29 is 9.59 Å². The monoisotopic (exact) mass is 546 g/mol. The van der Waals surface area contributed by atoms with Gasteiger partial charge in [-0.3, -0.25) is 9.69 Å². The quantitative estimate of drug-likeness (QED) is 0.249. The molecule has 0 saturated heterocycles. The number of benzene rings is 4. The summed E-state index contributed by atoms with van der Waals surface area (Å²) in [7, 11) is 0. The van der Waals surface area contributed by atoms with Crippen molar-refractivity contribution in [2.24, 2.45) is 0 Å². The molecule has 1 aliphatic heterocycles. The van der Waals surface area contributed by atoms with Gasteiger partial charge in [-0.15, -0.1) is 0 Å². The zero-order valence-corrected chi connectivity index (χ0v) is 22.5. The second kappa shape index (κ2) is 9.88. The molecule has 1 atom stereocenters. The van der Waals surface area contributed by atoms with Crippen LogP contribution >= 0.6 is 11.6 Å². The van der Waals surface area contributed by atoms with Crippen molar-refractivity contribution >= 4 is 45.7 Å². The minimum atomic E-state index is -0.390. The van der Waals surface area contributed by atoms with Crippen LogP contribution in [-0.2, 0) is 4.79 Å². The number of carbonyl (C=O) groups excluding carboxylic acids is 2. The summed E-state index contributed by atoms with van der Waals surface area (Å²) in [5.74, 6) is -0.148. The van der Waals surface area contributed by atoms with Gasteiger partial charge in [0.1, 0.15) is 12.6 Å². The number of amides is 3. The van der Waals surface area contributed by atoms with Gasteiger partial charge in [0, 0.05) is 22.6 Å². The highest BCUT2D eigenvalue weighted by atomic mass is 35.5. The maximum Gasteiger partial charge on any atom is 0.322 e. The number of urea groups is 1. The van der Waals surface area contributed by atoms with Gasteiger partial charge >= 0.3 is 6.03 Å². The van der Waals surface area contributed by atoms with E-state index < -0.39 is 6.04 Å². The van der Waals surface area contributed by atoms with Crippen LogP contribution in [0.4, 0.5) is 16.2 Å². The Morgan fingerprint density at radius 3 is 2.42 bits per heavy atom. The van der Waals surface area contributed by atoms with Gasteiger partial charge in [0.2, 0.25) is 5.91 Å². The van der Waals surface area contributed by atoms with E-state index in [0.717, 1.165) is 51.9 Å². The molecule has 2 heterocycles. The number of para-hydroxylation sites is 2. The van der Waals surface area contributed by atoms with E-state index in [0.29, 0.717) is 5.02 Å². The van der Waals surface area contributed by atoms with Gasteiger partial charge < -0.3 is 14.8 Å². The Bertz CT molecular complexity index is 1750. The molecular weight excluding hydrogens is 520 g/mol. The molecule has 4 aromatic carbocycles. The van der Waals surface area contributed by atoms with E-state index in [9.17, 15) is 9.59 Å². The zero-order valence-electron chi connectivity index (χ0n) is 21.7. The Balaban J connectivity index is 1.24. The van der Waals surface area contributed by atoms with Gasteiger partial charge in [0.15, 0.2) is 0 Å². The van der Waals surface area contributed by atoms with Crippen molar-refractivity contribution in [1.29, 1.82) is 0 Å². The molecule has 1 unspecified atom stereocenters. The number of fused-ring (bicyclic) bond motifs is 4. The molecule has 198 valence electrons. The number of aromatic nitrogens is 1. The molecule has 40 heavy (non-hydrogen) atoms. The van der Waals surface area contributed by atoms with E-state index in [-0.39, 0.29) is 24.5 Å². The average molecular weight is 547 g/mol. The standard InChI is InChI=1S/C33H27ClN4O2/c34-24-11-5-10-23(20-24)32-30-16-7-19-36(30)28-14-3-4-15-29(28)38(32)31(39)21-37(25-17-18-25)33(40)35-27-13-6-9-22-8-1-2-12-26(22)27/h1-16,19-20,25,32H,17-18,21H2,(H,35,40). The molecule has 0 spiro atoms. The van der Waals surface area contributed by atoms with Crippen LogP contribution in [0.15, 0.2) is 109 Å². The number of rotatable bonds is 5. The van der Waals surface area contributed by atoms with E-state index in [4.69, 9.17) is 11.6 Å². The molecular formula is C33H27ClN4O2. The van der Waals surface area contributed by atoms with Crippen LogP contribution in [0.5, 0.6) is 0 Å². The number of halogens is 1. The third-order valence-corrected chi connectivity index (χ3v) is 7.97. The summed E-state index contributed by atoms with van der Waals surface area (Å²) < 4.78 is 2.12. The molecule has 2 aliphatic rings. The van der Waals surface area contributed by atoms with Crippen molar-refractivity contribution in [2.45, 2.75) is 24.9 Å². The van der Waals surface area contributed by atoms with Crippen LogP contribution in [0.3, 0.4) is 0 Å². The Kier molecular flexibility index (Phi) is 6.05. The van der Waals surface area contributed by atoms with Gasteiger partial charge in [-0.05, 0) is 66.3 Å². The molecule has 7 heteroatoms. The Labute approximate surface area is 237 Å². The maximum atomic E-state index is 14.3. The highest BCUT2D eigenvalue weighted by Crippen LogP contribution is 2.43. The van der Waals surface area contributed by atoms with Crippen molar-refractivity contribution in [3.05, 3.63) is 126 Å². The second-order valence-electron chi connectivity index (χ2n) is 10.3. The van der Waals surface area contributed by atoms with Gasteiger partial charge in [-0.2, -0.15) is 0 Å². The van der Waals surface area contributed by atoms with E-state index in [1.54, 1.807) is 4.90 Å². The molecule has 7 rings (SSSR count). The van der Waals surface area contributed by atoms with Crippen LogP contribution in [0, 0.1) is 0 Å². The smallest absolute Gasteiger partial charge is 0.316 e. The number of carbonyl (C=O) groups is 2. The minimum Gasteiger partial charge on any atom is -0.316 e. The molecule has 1 N–H and O–H groups in total. The van der Waals surface area contributed by atoms with Crippen LogP contribution in [0.2, 0.25) is 5.02 Å². The highest BCUT2D eigenvalue weighted by Gasteiger charge is 2.40. The van der Waals surface area contributed by atoms with Gasteiger partial charge in [0.05, 0.1) is 22.8 Å². The summed E-state index contributed by atoms with van der Waals surface area (Å²) in [6, 6.07) is 32.7. The molecule has 1 aromatic heterocycles. The van der Waals surface area contributed by atoms with E-state index >= 15 is 0 Å².